The van der Waals surface area contributed by atoms with E-state index < -0.39 is 0 Å². The first kappa shape index (κ1) is 20.5. The van der Waals surface area contributed by atoms with E-state index in [0.717, 1.165) is 12.8 Å². The van der Waals surface area contributed by atoms with Crippen LogP contribution in [-0.4, -0.2) is 19.6 Å². The highest BCUT2D eigenvalue weighted by Gasteiger charge is 2.20. The molecule has 0 unspecified atom stereocenters. The van der Waals surface area contributed by atoms with Gasteiger partial charge in [-0.2, -0.15) is 10.2 Å². The van der Waals surface area contributed by atoms with E-state index in [1.807, 2.05) is 23.5 Å². The van der Waals surface area contributed by atoms with Gasteiger partial charge < -0.3 is 0 Å². The number of nitrogens with zero attached hydrogens (tertiary/aromatic N) is 4. The van der Waals surface area contributed by atoms with E-state index in [2.05, 4.69) is 77.9 Å². The summed E-state index contributed by atoms with van der Waals surface area (Å²) in [5.74, 6) is 0. The Balaban J connectivity index is 0.000000240. The lowest BCUT2D eigenvalue weighted by Crippen LogP contribution is -2.14. The number of aryl methyl sites for hydroxylation is 4. The summed E-state index contributed by atoms with van der Waals surface area (Å²) in [6.07, 6.45) is 4.24. The van der Waals surface area contributed by atoms with Gasteiger partial charge in [0.25, 0.3) is 0 Å². The van der Waals surface area contributed by atoms with Crippen molar-refractivity contribution >= 4 is 0 Å². The molecule has 0 aliphatic heterocycles. The minimum Gasteiger partial charge on any atom is -0.275 e. The van der Waals surface area contributed by atoms with Gasteiger partial charge in [-0.25, -0.2) is 0 Å². The van der Waals surface area contributed by atoms with Gasteiger partial charge in [0.15, 0.2) is 0 Å². The van der Waals surface area contributed by atoms with Gasteiger partial charge in [-0.15, -0.1) is 0 Å². The second-order valence-electron chi connectivity index (χ2n) is 8.53. The molecule has 4 nitrogen and oxygen atoms in total. The minimum absolute atomic E-state index is 0.172. The van der Waals surface area contributed by atoms with Crippen molar-refractivity contribution in [1.82, 2.24) is 19.6 Å². The van der Waals surface area contributed by atoms with Gasteiger partial charge in [0.05, 0.1) is 11.4 Å². The Labute approximate surface area is 148 Å². The molecule has 2 rings (SSSR count). The van der Waals surface area contributed by atoms with Crippen LogP contribution < -0.4 is 0 Å². The molecule has 2 aromatic heterocycles. The van der Waals surface area contributed by atoms with Crippen LogP contribution in [0.2, 0.25) is 0 Å². The Morgan fingerprint density at radius 2 is 1.46 bits per heavy atom. The highest BCUT2D eigenvalue weighted by molar-refractivity contribution is 5.23. The molecule has 0 aliphatic rings. The van der Waals surface area contributed by atoms with Crippen molar-refractivity contribution in [3.63, 3.8) is 0 Å². The highest BCUT2D eigenvalue weighted by Crippen LogP contribution is 2.24. The molecule has 0 saturated carbocycles. The first-order valence-corrected chi connectivity index (χ1v) is 8.96. The number of hydrogen-bond acceptors (Lipinski definition) is 2. The second kappa shape index (κ2) is 7.54. The van der Waals surface area contributed by atoms with Crippen molar-refractivity contribution in [1.29, 1.82) is 0 Å². The Hall–Kier alpha value is -1.58. The number of rotatable bonds is 2. The van der Waals surface area contributed by atoms with E-state index in [9.17, 15) is 0 Å². The van der Waals surface area contributed by atoms with E-state index in [-0.39, 0.29) is 10.8 Å². The molecule has 0 fully saturated rings. The van der Waals surface area contributed by atoms with Crippen molar-refractivity contribution in [2.45, 2.75) is 79.1 Å². The largest absolute Gasteiger partial charge is 0.275 e. The first-order chi connectivity index (χ1) is 10.9. The van der Waals surface area contributed by atoms with E-state index >= 15 is 0 Å². The SMILES string of the molecule is CCc1cc(C(C)(C)C)nn1C.CCc1cn(C)nc1C(C)(C)C. The zero-order valence-corrected chi connectivity index (χ0v) is 17.4. The predicted molar refractivity (Wildman–Crippen MR) is 103 cm³/mol. The molecular formula is C20H36N4. The fraction of sp³-hybridized carbons (Fsp3) is 0.700. The molecule has 2 aromatic rings. The van der Waals surface area contributed by atoms with Crippen molar-refractivity contribution < 1.29 is 0 Å². The monoisotopic (exact) mass is 332 g/mol. The average molecular weight is 333 g/mol. The topological polar surface area (TPSA) is 35.6 Å². The summed E-state index contributed by atoms with van der Waals surface area (Å²) in [6, 6.07) is 2.19. The van der Waals surface area contributed by atoms with E-state index in [1.54, 1.807) is 0 Å². The smallest absolute Gasteiger partial charge is 0.0709 e. The molecule has 2 heterocycles. The van der Waals surface area contributed by atoms with Crippen molar-refractivity contribution in [3.8, 4) is 0 Å². The highest BCUT2D eigenvalue weighted by atomic mass is 15.3. The summed E-state index contributed by atoms with van der Waals surface area (Å²) in [5.41, 5.74) is 5.43. The molecule has 0 atom stereocenters. The third kappa shape index (κ3) is 5.22. The van der Waals surface area contributed by atoms with Gasteiger partial charge in [-0.1, -0.05) is 55.4 Å². The van der Waals surface area contributed by atoms with E-state index in [1.165, 1.54) is 22.6 Å². The molecule has 0 bridgehead atoms. The van der Waals surface area contributed by atoms with Crippen LogP contribution in [0.15, 0.2) is 12.3 Å². The summed E-state index contributed by atoms with van der Waals surface area (Å²) in [6.45, 7) is 17.5. The Morgan fingerprint density at radius 3 is 1.75 bits per heavy atom. The van der Waals surface area contributed by atoms with Crippen LogP contribution in [0.3, 0.4) is 0 Å². The van der Waals surface area contributed by atoms with Crippen molar-refractivity contribution in [3.05, 3.63) is 34.9 Å². The maximum atomic E-state index is 4.47. The van der Waals surface area contributed by atoms with Crippen molar-refractivity contribution in [2.24, 2.45) is 14.1 Å². The molecule has 24 heavy (non-hydrogen) atoms. The molecule has 0 radical (unpaired) electrons. The number of aromatic nitrogens is 4. The van der Waals surface area contributed by atoms with Crippen LogP contribution in [0.4, 0.5) is 0 Å². The molecule has 0 spiro atoms. The van der Waals surface area contributed by atoms with Gasteiger partial charge in [0.1, 0.15) is 0 Å². The summed E-state index contributed by atoms with van der Waals surface area (Å²) < 4.78 is 3.88. The molecule has 0 saturated heterocycles. The lowest BCUT2D eigenvalue weighted by molar-refractivity contribution is 0.548. The first-order valence-electron chi connectivity index (χ1n) is 8.96. The summed E-state index contributed by atoms with van der Waals surface area (Å²) in [4.78, 5) is 0. The van der Waals surface area contributed by atoms with Crippen LogP contribution in [0.25, 0.3) is 0 Å². The fourth-order valence-corrected chi connectivity index (χ4v) is 2.63. The molecule has 4 heteroatoms. The van der Waals surface area contributed by atoms with Gasteiger partial charge >= 0.3 is 0 Å². The van der Waals surface area contributed by atoms with Gasteiger partial charge in [-0.3, -0.25) is 9.36 Å². The fourth-order valence-electron chi connectivity index (χ4n) is 2.63. The van der Waals surface area contributed by atoms with Crippen molar-refractivity contribution in [2.75, 3.05) is 0 Å². The zero-order valence-electron chi connectivity index (χ0n) is 17.4. The Kier molecular flexibility index (Phi) is 6.43. The third-order valence-corrected chi connectivity index (χ3v) is 4.10. The van der Waals surface area contributed by atoms with Gasteiger partial charge in [0.2, 0.25) is 0 Å². The van der Waals surface area contributed by atoms with Crippen LogP contribution in [0.5, 0.6) is 0 Å². The summed E-state index contributed by atoms with van der Waals surface area (Å²) in [5, 5.41) is 8.94. The molecule has 0 N–H and O–H groups in total. The molecule has 136 valence electrons. The quantitative estimate of drug-likeness (QED) is 0.808. The average Bonchev–Trinajstić information content (AvgIpc) is 3.01. The lowest BCUT2D eigenvalue weighted by atomic mass is 9.89. The minimum atomic E-state index is 0.172. The standard InChI is InChI=1S/2C10H18N2/c1-6-8-7-12(5)11-9(8)10(2,3)4;1-6-8-7-9(10(2,3)4)11-12(8)5/h2*7H,6H2,1-5H3. The van der Waals surface area contributed by atoms with Gasteiger partial charge in [0, 0.05) is 36.8 Å². The predicted octanol–water partition coefficient (Wildman–Crippen LogP) is 4.56. The molecular weight excluding hydrogens is 296 g/mol. The van der Waals surface area contributed by atoms with E-state index in [4.69, 9.17) is 0 Å². The van der Waals surface area contributed by atoms with Crippen LogP contribution >= 0.6 is 0 Å². The maximum Gasteiger partial charge on any atom is 0.0709 e. The van der Waals surface area contributed by atoms with E-state index in [0.29, 0.717) is 0 Å². The normalized spacial score (nSPS) is 12.1. The maximum absolute atomic E-state index is 4.47. The summed E-state index contributed by atoms with van der Waals surface area (Å²) in [7, 11) is 3.99. The van der Waals surface area contributed by atoms with Gasteiger partial charge in [-0.05, 0) is 24.5 Å². The van der Waals surface area contributed by atoms with Crippen LogP contribution in [0.1, 0.15) is 78.0 Å². The summed E-state index contributed by atoms with van der Waals surface area (Å²) >= 11 is 0. The number of hydrogen-bond donors (Lipinski definition) is 0. The molecule has 0 aliphatic carbocycles. The van der Waals surface area contributed by atoms with Crippen LogP contribution in [-0.2, 0) is 37.8 Å². The molecule has 0 aromatic carbocycles. The Bertz CT molecular complexity index is 648. The third-order valence-electron chi connectivity index (χ3n) is 4.10. The molecule has 0 amide bonds. The lowest BCUT2D eigenvalue weighted by Gasteiger charge is -2.16. The zero-order chi connectivity index (χ0) is 18.7. The Morgan fingerprint density at radius 1 is 0.875 bits per heavy atom. The second-order valence-corrected chi connectivity index (χ2v) is 8.53. The van der Waals surface area contributed by atoms with Crippen LogP contribution in [0, 0.1) is 0 Å².